The Hall–Kier alpha value is -2.31. The molecule has 0 saturated carbocycles. The fourth-order valence-corrected chi connectivity index (χ4v) is 4.63. The first-order valence-electron chi connectivity index (χ1n) is 8.23. The first-order valence-corrected chi connectivity index (χ1v) is 9.05. The number of aromatic nitrogens is 1. The summed E-state index contributed by atoms with van der Waals surface area (Å²) in [5.41, 5.74) is 1.34. The van der Waals surface area contributed by atoms with Crippen LogP contribution in [0.5, 0.6) is 0 Å². The van der Waals surface area contributed by atoms with Gasteiger partial charge in [-0.05, 0) is 31.0 Å². The van der Waals surface area contributed by atoms with E-state index in [2.05, 4.69) is 4.98 Å². The summed E-state index contributed by atoms with van der Waals surface area (Å²) in [5, 5.41) is 10.3. The largest absolute Gasteiger partial charge is 0.480 e. The van der Waals surface area contributed by atoms with Crippen molar-refractivity contribution in [2.24, 2.45) is 0 Å². The van der Waals surface area contributed by atoms with Gasteiger partial charge in [-0.1, -0.05) is 30.3 Å². The van der Waals surface area contributed by atoms with Crippen LogP contribution in [0.4, 0.5) is 4.39 Å². The third-order valence-corrected chi connectivity index (χ3v) is 5.74. The monoisotopic (exact) mass is 356 g/mol. The molecule has 1 saturated heterocycles. The van der Waals surface area contributed by atoms with Crippen molar-refractivity contribution >= 4 is 27.5 Å². The van der Waals surface area contributed by atoms with E-state index in [0.29, 0.717) is 18.5 Å². The van der Waals surface area contributed by atoms with Crippen molar-refractivity contribution < 1.29 is 14.3 Å². The summed E-state index contributed by atoms with van der Waals surface area (Å²) in [5.74, 6) is -1.19. The highest BCUT2D eigenvalue weighted by Crippen LogP contribution is 2.39. The van der Waals surface area contributed by atoms with Crippen LogP contribution < -0.4 is 0 Å². The number of carboxylic acids is 1. The maximum atomic E-state index is 14.6. The number of benzene rings is 2. The van der Waals surface area contributed by atoms with Crippen LogP contribution in [0.3, 0.4) is 0 Å². The average molecular weight is 356 g/mol. The number of rotatable bonds is 4. The van der Waals surface area contributed by atoms with E-state index < -0.39 is 18.1 Å². The van der Waals surface area contributed by atoms with E-state index in [1.165, 1.54) is 17.4 Å². The molecule has 2 atom stereocenters. The zero-order valence-electron chi connectivity index (χ0n) is 13.4. The van der Waals surface area contributed by atoms with Gasteiger partial charge < -0.3 is 5.11 Å². The lowest BCUT2D eigenvalue weighted by Crippen LogP contribution is -2.39. The van der Waals surface area contributed by atoms with Crippen molar-refractivity contribution in [3.8, 4) is 0 Å². The van der Waals surface area contributed by atoms with Gasteiger partial charge in [-0.25, -0.2) is 9.37 Å². The molecule has 1 aromatic heterocycles. The van der Waals surface area contributed by atoms with Crippen LogP contribution in [-0.4, -0.2) is 33.5 Å². The normalized spacial score (nSPS) is 19.3. The molecule has 1 aliphatic rings. The number of likely N-dealkylation sites (tertiary alicyclic amines) is 1. The molecule has 2 aromatic carbocycles. The Bertz CT molecular complexity index is 893. The van der Waals surface area contributed by atoms with Gasteiger partial charge in [0.05, 0.1) is 16.3 Å². The third kappa shape index (κ3) is 2.92. The summed E-state index contributed by atoms with van der Waals surface area (Å²) in [6.07, 6.45) is 1.36. The molecule has 0 spiro atoms. The maximum absolute atomic E-state index is 14.6. The molecule has 3 aromatic rings. The molecule has 0 radical (unpaired) electrons. The van der Waals surface area contributed by atoms with Crippen molar-refractivity contribution in [3.05, 3.63) is 64.9 Å². The number of halogens is 1. The van der Waals surface area contributed by atoms with Gasteiger partial charge in [0.25, 0.3) is 0 Å². The molecule has 1 fully saturated rings. The standard InChI is InChI=1S/C19H17FN2O2S/c20-13-7-2-1-6-12(13)17(22-11-5-9-15(22)19(23)24)18-21-14-8-3-4-10-16(14)25-18/h1-4,6-8,10,15,17H,5,9,11H2,(H,23,24). The van der Waals surface area contributed by atoms with Gasteiger partial charge in [0.15, 0.2) is 0 Å². The van der Waals surface area contributed by atoms with Crippen molar-refractivity contribution in [2.45, 2.75) is 24.9 Å². The molecule has 0 bridgehead atoms. The lowest BCUT2D eigenvalue weighted by atomic mass is 10.0. The van der Waals surface area contributed by atoms with E-state index in [0.717, 1.165) is 21.6 Å². The van der Waals surface area contributed by atoms with Gasteiger partial charge >= 0.3 is 5.97 Å². The average Bonchev–Trinajstić information content (AvgIpc) is 3.24. The molecule has 1 N–H and O–H groups in total. The Morgan fingerprint density at radius 1 is 1.24 bits per heavy atom. The summed E-state index contributed by atoms with van der Waals surface area (Å²) < 4.78 is 15.6. The van der Waals surface area contributed by atoms with Crippen LogP contribution in [0.25, 0.3) is 10.2 Å². The second kappa shape index (κ2) is 6.54. The number of hydrogen-bond acceptors (Lipinski definition) is 4. The highest BCUT2D eigenvalue weighted by Gasteiger charge is 2.39. The maximum Gasteiger partial charge on any atom is 0.320 e. The van der Waals surface area contributed by atoms with Crippen LogP contribution in [0.1, 0.15) is 29.5 Å². The summed E-state index contributed by atoms with van der Waals surface area (Å²) in [4.78, 5) is 18.2. The molecule has 2 heterocycles. The minimum absolute atomic E-state index is 0.331. The molecule has 0 amide bonds. The predicted molar refractivity (Wildman–Crippen MR) is 95.2 cm³/mol. The van der Waals surface area contributed by atoms with E-state index in [-0.39, 0.29) is 5.82 Å². The second-order valence-electron chi connectivity index (χ2n) is 6.18. The minimum atomic E-state index is -0.861. The SMILES string of the molecule is O=C(O)C1CCCN1C(c1nc2ccccc2s1)c1ccccc1F. The number of aliphatic carboxylic acids is 1. The molecule has 1 aliphatic heterocycles. The van der Waals surface area contributed by atoms with Crippen LogP contribution in [0.2, 0.25) is 0 Å². The third-order valence-electron chi connectivity index (χ3n) is 4.66. The van der Waals surface area contributed by atoms with Gasteiger partial charge in [-0.2, -0.15) is 0 Å². The van der Waals surface area contributed by atoms with Gasteiger partial charge in [0, 0.05) is 12.1 Å². The van der Waals surface area contributed by atoms with E-state index >= 15 is 0 Å². The van der Waals surface area contributed by atoms with Crippen molar-refractivity contribution in [2.75, 3.05) is 6.54 Å². The Balaban J connectivity index is 1.86. The molecule has 0 aliphatic carbocycles. The Labute approximate surface area is 148 Å². The predicted octanol–water partition coefficient (Wildman–Crippen LogP) is 4.07. The number of fused-ring (bicyclic) bond motifs is 1. The van der Waals surface area contributed by atoms with Gasteiger partial charge in [0.1, 0.15) is 16.9 Å². The molecular formula is C19H17FN2O2S. The number of para-hydroxylation sites is 1. The fraction of sp³-hybridized carbons (Fsp3) is 0.263. The smallest absolute Gasteiger partial charge is 0.320 e. The molecule has 2 unspecified atom stereocenters. The number of carbonyl (C=O) groups is 1. The zero-order valence-corrected chi connectivity index (χ0v) is 14.2. The number of thiazole rings is 1. The fourth-order valence-electron chi connectivity index (χ4n) is 3.52. The Morgan fingerprint density at radius 3 is 2.76 bits per heavy atom. The highest BCUT2D eigenvalue weighted by atomic mass is 32.1. The van der Waals surface area contributed by atoms with Gasteiger partial charge in [-0.3, -0.25) is 9.69 Å². The number of carboxylic acid groups (broad SMARTS) is 1. The molecule has 4 rings (SSSR count). The van der Waals surface area contributed by atoms with Crippen molar-refractivity contribution in [1.82, 2.24) is 9.88 Å². The lowest BCUT2D eigenvalue weighted by Gasteiger charge is -2.30. The van der Waals surface area contributed by atoms with Crippen LogP contribution in [0, 0.1) is 5.82 Å². The molecule has 4 nitrogen and oxygen atoms in total. The van der Waals surface area contributed by atoms with E-state index in [1.54, 1.807) is 18.2 Å². The summed E-state index contributed by atoms with van der Waals surface area (Å²) >= 11 is 1.50. The lowest BCUT2D eigenvalue weighted by molar-refractivity contribution is -0.142. The highest BCUT2D eigenvalue weighted by molar-refractivity contribution is 7.18. The minimum Gasteiger partial charge on any atom is -0.480 e. The Kier molecular flexibility index (Phi) is 4.23. The van der Waals surface area contributed by atoms with E-state index in [4.69, 9.17) is 0 Å². The second-order valence-corrected chi connectivity index (χ2v) is 7.24. The van der Waals surface area contributed by atoms with Crippen molar-refractivity contribution in [1.29, 1.82) is 0 Å². The number of nitrogens with zero attached hydrogens (tertiary/aromatic N) is 2. The van der Waals surface area contributed by atoms with Crippen molar-refractivity contribution in [3.63, 3.8) is 0 Å². The summed E-state index contributed by atoms with van der Waals surface area (Å²) in [7, 11) is 0. The molecular weight excluding hydrogens is 339 g/mol. The van der Waals surface area contributed by atoms with Crippen LogP contribution >= 0.6 is 11.3 Å². The molecule has 6 heteroatoms. The van der Waals surface area contributed by atoms with Crippen LogP contribution in [-0.2, 0) is 4.79 Å². The first kappa shape index (κ1) is 16.2. The summed E-state index contributed by atoms with van der Waals surface area (Å²) in [6.45, 7) is 0.617. The van der Waals surface area contributed by atoms with Crippen LogP contribution in [0.15, 0.2) is 48.5 Å². The number of hydrogen-bond donors (Lipinski definition) is 1. The van der Waals surface area contributed by atoms with E-state index in [9.17, 15) is 14.3 Å². The first-order chi connectivity index (χ1) is 12.1. The quantitative estimate of drug-likeness (QED) is 0.765. The summed E-state index contributed by atoms with van der Waals surface area (Å²) in [6, 6.07) is 13.2. The molecule has 128 valence electrons. The topological polar surface area (TPSA) is 53.4 Å². The van der Waals surface area contributed by atoms with E-state index in [1.807, 2.05) is 29.2 Å². The Morgan fingerprint density at radius 2 is 2.00 bits per heavy atom. The molecule has 25 heavy (non-hydrogen) atoms. The zero-order chi connectivity index (χ0) is 17.4. The van der Waals surface area contributed by atoms with Gasteiger partial charge in [-0.15, -0.1) is 11.3 Å². The van der Waals surface area contributed by atoms with Gasteiger partial charge in [0.2, 0.25) is 0 Å².